The Morgan fingerprint density at radius 1 is 0.889 bits per heavy atom. The number of hydrogen-bond acceptors (Lipinski definition) is 2. The molecular formula is C15H13NO2. The molecule has 2 aromatic rings. The molecule has 90 valence electrons. The molecule has 0 saturated heterocycles. The molecule has 0 heterocycles. The summed E-state index contributed by atoms with van der Waals surface area (Å²) < 4.78 is 0. The van der Waals surface area contributed by atoms with Gasteiger partial charge in [0.25, 0.3) is 5.69 Å². The highest BCUT2D eigenvalue weighted by atomic mass is 16.6. The van der Waals surface area contributed by atoms with Crippen LogP contribution in [-0.4, -0.2) is 4.92 Å². The quantitative estimate of drug-likeness (QED) is 0.605. The minimum absolute atomic E-state index is 0.0936. The van der Waals surface area contributed by atoms with E-state index in [0.29, 0.717) is 0 Å². The van der Waals surface area contributed by atoms with E-state index in [1.807, 2.05) is 30.3 Å². The molecule has 0 aromatic heterocycles. The highest BCUT2D eigenvalue weighted by molar-refractivity contribution is 5.47. The second-order valence-corrected chi connectivity index (χ2v) is 4.75. The van der Waals surface area contributed by atoms with E-state index in [1.54, 1.807) is 12.1 Å². The Morgan fingerprint density at radius 3 is 1.94 bits per heavy atom. The van der Waals surface area contributed by atoms with Crippen molar-refractivity contribution in [3.63, 3.8) is 0 Å². The fraction of sp³-hybridized carbons (Fsp3) is 0.200. The van der Waals surface area contributed by atoms with Gasteiger partial charge in [-0.2, -0.15) is 0 Å². The Morgan fingerprint density at radius 2 is 1.44 bits per heavy atom. The summed E-state index contributed by atoms with van der Waals surface area (Å²) >= 11 is 0. The normalized spacial score (nSPS) is 16.2. The molecule has 0 atom stereocenters. The van der Waals surface area contributed by atoms with Crippen LogP contribution >= 0.6 is 0 Å². The standard InChI is InChI=1S/C15H13NO2/c17-16(18)14-8-6-13(7-9-14)15(10-11-15)12-4-2-1-3-5-12/h1-9H,10-11H2. The monoisotopic (exact) mass is 239 g/mol. The van der Waals surface area contributed by atoms with Crippen LogP contribution in [0.5, 0.6) is 0 Å². The number of non-ortho nitro benzene ring substituents is 1. The van der Waals surface area contributed by atoms with E-state index in [9.17, 15) is 10.1 Å². The van der Waals surface area contributed by atoms with E-state index in [0.717, 1.165) is 12.8 Å². The highest BCUT2D eigenvalue weighted by Gasteiger charge is 2.45. The topological polar surface area (TPSA) is 43.1 Å². The van der Waals surface area contributed by atoms with Crippen LogP contribution in [0.1, 0.15) is 24.0 Å². The molecule has 2 aromatic carbocycles. The lowest BCUT2D eigenvalue weighted by atomic mass is 9.88. The van der Waals surface area contributed by atoms with Crippen molar-refractivity contribution >= 4 is 5.69 Å². The zero-order valence-corrected chi connectivity index (χ0v) is 9.87. The third kappa shape index (κ3) is 1.68. The van der Waals surface area contributed by atoms with Crippen molar-refractivity contribution in [1.82, 2.24) is 0 Å². The molecule has 3 rings (SSSR count). The molecule has 3 heteroatoms. The van der Waals surface area contributed by atoms with Crippen LogP contribution in [-0.2, 0) is 5.41 Å². The zero-order chi connectivity index (χ0) is 12.6. The highest BCUT2D eigenvalue weighted by Crippen LogP contribution is 2.53. The van der Waals surface area contributed by atoms with Gasteiger partial charge in [0.1, 0.15) is 0 Å². The van der Waals surface area contributed by atoms with Gasteiger partial charge in [0.15, 0.2) is 0 Å². The minimum atomic E-state index is -0.355. The number of hydrogen-bond donors (Lipinski definition) is 0. The first kappa shape index (κ1) is 11.0. The number of benzene rings is 2. The molecule has 0 aliphatic heterocycles. The fourth-order valence-electron chi connectivity index (χ4n) is 2.53. The van der Waals surface area contributed by atoms with Gasteiger partial charge in [-0.15, -0.1) is 0 Å². The van der Waals surface area contributed by atoms with E-state index in [2.05, 4.69) is 12.1 Å². The molecule has 0 unspecified atom stereocenters. The molecule has 1 aliphatic rings. The average Bonchev–Trinajstić information content (AvgIpc) is 3.21. The molecule has 1 aliphatic carbocycles. The smallest absolute Gasteiger partial charge is 0.258 e. The Labute approximate surface area is 105 Å². The molecular weight excluding hydrogens is 226 g/mol. The third-order valence-electron chi connectivity index (χ3n) is 3.71. The maximum Gasteiger partial charge on any atom is 0.269 e. The third-order valence-corrected chi connectivity index (χ3v) is 3.71. The van der Waals surface area contributed by atoms with Crippen molar-refractivity contribution in [1.29, 1.82) is 0 Å². The molecule has 3 nitrogen and oxygen atoms in total. The lowest BCUT2D eigenvalue weighted by molar-refractivity contribution is -0.384. The summed E-state index contributed by atoms with van der Waals surface area (Å²) in [5, 5.41) is 10.7. The van der Waals surface area contributed by atoms with E-state index in [-0.39, 0.29) is 16.0 Å². The van der Waals surface area contributed by atoms with Gasteiger partial charge in [0.2, 0.25) is 0 Å². The molecule has 0 N–H and O–H groups in total. The second-order valence-electron chi connectivity index (χ2n) is 4.75. The summed E-state index contributed by atoms with van der Waals surface area (Å²) in [6, 6.07) is 17.3. The van der Waals surface area contributed by atoms with E-state index in [4.69, 9.17) is 0 Å². The van der Waals surface area contributed by atoms with Crippen LogP contribution in [0.4, 0.5) is 5.69 Å². The SMILES string of the molecule is O=[N+]([O-])c1ccc(C2(c3ccccc3)CC2)cc1. The van der Waals surface area contributed by atoms with Gasteiger partial charge >= 0.3 is 0 Å². The van der Waals surface area contributed by atoms with E-state index < -0.39 is 0 Å². The van der Waals surface area contributed by atoms with E-state index >= 15 is 0 Å². The predicted molar refractivity (Wildman–Crippen MR) is 69.6 cm³/mol. The van der Waals surface area contributed by atoms with Gasteiger partial charge in [-0.1, -0.05) is 42.5 Å². The maximum absolute atomic E-state index is 10.7. The summed E-state index contributed by atoms with van der Waals surface area (Å²) in [4.78, 5) is 10.3. The second kappa shape index (κ2) is 3.95. The lowest BCUT2D eigenvalue weighted by Crippen LogP contribution is -2.08. The lowest BCUT2D eigenvalue weighted by Gasteiger charge is -2.15. The van der Waals surface area contributed by atoms with Gasteiger partial charge in [-0.05, 0) is 24.0 Å². The van der Waals surface area contributed by atoms with Crippen LogP contribution in [0.2, 0.25) is 0 Å². The van der Waals surface area contributed by atoms with Crippen LogP contribution in [0.25, 0.3) is 0 Å². The van der Waals surface area contributed by atoms with Gasteiger partial charge in [0, 0.05) is 17.5 Å². The minimum Gasteiger partial charge on any atom is -0.258 e. The van der Waals surface area contributed by atoms with Crippen molar-refractivity contribution in [3.05, 3.63) is 75.8 Å². The van der Waals surface area contributed by atoms with Gasteiger partial charge < -0.3 is 0 Å². The summed E-state index contributed by atoms with van der Waals surface area (Å²) in [5.74, 6) is 0. The molecule has 1 fully saturated rings. The fourth-order valence-corrected chi connectivity index (χ4v) is 2.53. The number of nitro benzene ring substituents is 1. The number of nitro groups is 1. The maximum atomic E-state index is 10.7. The Kier molecular flexibility index (Phi) is 2.40. The van der Waals surface area contributed by atoms with Crippen molar-refractivity contribution in [2.24, 2.45) is 0 Å². The summed E-state index contributed by atoms with van der Waals surface area (Å²) in [5.41, 5.74) is 2.73. The molecule has 0 radical (unpaired) electrons. The van der Waals surface area contributed by atoms with Crippen molar-refractivity contribution in [2.45, 2.75) is 18.3 Å². The first-order chi connectivity index (χ1) is 8.72. The molecule has 18 heavy (non-hydrogen) atoms. The van der Waals surface area contributed by atoms with Gasteiger partial charge in [0.05, 0.1) is 4.92 Å². The molecule has 1 saturated carbocycles. The predicted octanol–water partition coefficient (Wildman–Crippen LogP) is 3.67. The Hall–Kier alpha value is -2.16. The van der Waals surface area contributed by atoms with Crippen LogP contribution in [0.3, 0.4) is 0 Å². The summed E-state index contributed by atoms with van der Waals surface area (Å²) in [6.07, 6.45) is 2.24. The van der Waals surface area contributed by atoms with Crippen LogP contribution < -0.4 is 0 Å². The largest absolute Gasteiger partial charge is 0.269 e. The van der Waals surface area contributed by atoms with Gasteiger partial charge in [-0.25, -0.2) is 0 Å². The van der Waals surface area contributed by atoms with Crippen molar-refractivity contribution < 1.29 is 4.92 Å². The molecule has 0 bridgehead atoms. The first-order valence-corrected chi connectivity index (χ1v) is 6.03. The molecule has 0 spiro atoms. The zero-order valence-electron chi connectivity index (χ0n) is 9.87. The molecule has 0 amide bonds. The van der Waals surface area contributed by atoms with Gasteiger partial charge in [-0.3, -0.25) is 10.1 Å². The van der Waals surface area contributed by atoms with Crippen LogP contribution in [0.15, 0.2) is 54.6 Å². The average molecular weight is 239 g/mol. The van der Waals surface area contributed by atoms with Crippen molar-refractivity contribution in [2.75, 3.05) is 0 Å². The van der Waals surface area contributed by atoms with Crippen molar-refractivity contribution in [3.8, 4) is 0 Å². The first-order valence-electron chi connectivity index (χ1n) is 6.03. The Bertz CT molecular complexity index is 571. The summed E-state index contributed by atoms with van der Waals surface area (Å²) in [6.45, 7) is 0. The van der Waals surface area contributed by atoms with E-state index in [1.165, 1.54) is 11.1 Å². The van der Waals surface area contributed by atoms with Crippen LogP contribution in [0, 0.1) is 10.1 Å². The summed E-state index contributed by atoms with van der Waals surface area (Å²) in [7, 11) is 0. The number of rotatable bonds is 3. The Balaban J connectivity index is 1.98. The number of nitrogens with zero attached hydrogens (tertiary/aromatic N) is 1.